The van der Waals surface area contributed by atoms with Crippen LogP contribution >= 0.6 is 0 Å². The van der Waals surface area contributed by atoms with E-state index in [0.717, 1.165) is 44.6 Å². The van der Waals surface area contributed by atoms with Crippen LogP contribution < -0.4 is 25.0 Å². The van der Waals surface area contributed by atoms with Crippen molar-refractivity contribution >= 4 is 23.2 Å². The number of nitrogens with zero attached hydrogens (tertiary/aromatic N) is 2. The first kappa shape index (κ1) is 24.4. The van der Waals surface area contributed by atoms with Gasteiger partial charge in [-0.2, -0.15) is 0 Å². The number of amides is 2. The first-order valence-corrected chi connectivity index (χ1v) is 11.3. The first-order valence-electron chi connectivity index (χ1n) is 11.3. The molecule has 0 atom stereocenters. The third-order valence-corrected chi connectivity index (χ3v) is 5.67. The van der Waals surface area contributed by atoms with Crippen LogP contribution in [0, 0.1) is 0 Å². The molecule has 8 nitrogen and oxygen atoms in total. The van der Waals surface area contributed by atoms with Crippen molar-refractivity contribution in [2.75, 3.05) is 64.7 Å². The van der Waals surface area contributed by atoms with Crippen LogP contribution in [0.1, 0.15) is 40.0 Å². The summed E-state index contributed by atoms with van der Waals surface area (Å²) in [5.41, 5.74) is 2.30. The van der Waals surface area contributed by atoms with Crippen LogP contribution in [0.25, 0.3) is 0 Å². The number of carbonyl (C=O) groups is 2. The second-order valence-electron chi connectivity index (χ2n) is 8.33. The number of anilines is 2. The van der Waals surface area contributed by atoms with Crippen molar-refractivity contribution in [3.8, 4) is 11.5 Å². The Morgan fingerprint density at radius 1 is 1.00 bits per heavy atom. The van der Waals surface area contributed by atoms with E-state index in [4.69, 9.17) is 9.47 Å². The lowest BCUT2D eigenvalue weighted by molar-refractivity contribution is 0.0951. The maximum absolute atomic E-state index is 13.1. The Kier molecular flexibility index (Phi) is 8.54. The van der Waals surface area contributed by atoms with E-state index in [1.807, 2.05) is 26.2 Å². The van der Waals surface area contributed by atoms with Gasteiger partial charge in [-0.1, -0.05) is 6.07 Å². The Morgan fingerprint density at radius 3 is 2.27 bits per heavy atom. The lowest BCUT2D eigenvalue weighted by atomic mass is 10.1. The molecule has 3 rings (SSSR count). The fraction of sp³-hybridized carbons (Fsp3) is 0.440. The average Bonchev–Trinajstić information content (AvgIpc) is 3.35. The second kappa shape index (κ2) is 11.6. The number of hydrogen-bond acceptors (Lipinski definition) is 6. The van der Waals surface area contributed by atoms with Crippen molar-refractivity contribution < 1.29 is 19.1 Å². The molecule has 2 aromatic rings. The molecule has 8 heteroatoms. The fourth-order valence-electron chi connectivity index (χ4n) is 3.99. The predicted molar refractivity (Wildman–Crippen MR) is 131 cm³/mol. The van der Waals surface area contributed by atoms with Crippen LogP contribution in [0.4, 0.5) is 11.4 Å². The van der Waals surface area contributed by atoms with Gasteiger partial charge in [-0.3, -0.25) is 9.59 Å². The Bertz CT molecular complexity index is 949. The molecule has 0 saturated carbocycles. The molecule has 0 bridgehead atoms. The topological polar surface area (TPSA) is 83.1 Å². The summed E-state index contributed by atoms with van der Waals surface area (Å²) in [4.78, 5) is 30.5. The quantitative estimate of drug-likeness (QED) is 0.537. The number of nitrogens with one attached hydrogen (secondary N) is 2. The molecule has 0 radical (unpaired) electrons. The summed E-state index contributed by atoms with van der Waals surface area (Å²) in [5.74, 6) is 0.330. The lowest BCUT2D eigenvalue weighted by Gasteiger charge is -2.22. The van der Waals surface area contributed by atoms with Crippen molar-refractivity contribution in [1.82, 2.24) is 10.2 Å². The third kappa shape index (κ3) is 6.16. The van der Waals surface area contributed by atoms with Crippen molar-refractivity contribution in [2.24, 2.45) is 0 Å². The molecule has 1 heterocycles. The molecule has 1 saturated heterocycles. The van der Waals surface area contributed by atoms with Gasteiger partial charge in [-0.25, -0.2) is 0 Å². The standard InChI is InChI=1S/C25H34N4O4/c1-28(2)14-8-13-26-24(30)19-17-18(11-12-20(19)29-15-5-6-16-29)27-25(31)23-21(32-3)9-7-10-22(23)33-4/h7,9-12,17H,5-6,8,13-16H2,1-4H3,(H,26,30)(H,27,31). The minimum absolute atomic E-state index is 0.137. The molecular formula is C25H34N4O4. The van der Waals surface area contributed by atoms with Gasteiger partial charge in [0.25, 0.3) is 11.8 Å². The van der Waals surface area contributed by atoms with Gasteiger partial charge in [-0.15, -0.1) is 0 Å². The molecule has 2 amide bonds. The van der Waals surface area contributed by atoms with Crippen molar-refractivity contribution in [1.29, 1.82) is 0 Å². The maximum atomic E-state index is 13.1. The molecule has 0 aromatic heterocycles. The molecule has 2 aromatic carbocycles. The first-order chi connectivity index (χ1) is 15.9. The molecule has 0 spiro atoms. The van der Waals surface area contributed by atoms with E-state index < -0.39 is 0 Å². The highest BCUT2D eigenvalue weighted by Gasteiger charge is 2.22. The van der Waals surface area contributed by atoms with E-state index in [0.29, 0.717) is 34.9 Å². The molecule has 0 aliphatic carbocycles. The summed E-state index contributed by atoms with van der Waals surface area (Å²) in [6.45, 7) is 3.33. The number of hydrogen-bond donors (Lipinski definition) is 2. The Labute approximate surface area is 195 Å². The van der Waals surface area contributed by atoms with E-state index in [9.17, 15) is 9.59 Å². The Morgan fingerprint density at radius 2 is 1.67 bits per heavy atom. The zero-order chi connectivity index (χ0) is 23.8. The normalized spacial score (nSPS) is 13.2. The summed E-state index contributed by atoms with van der Waals surface area (Å²) in [5, 5.41) is 5.92. The van der Waals surface area contributed by atoms with Crippen LogP contribution in [-0.4, -0.2) is 71.2 Å². The van der Waals surface area contributed by atoms with E-state index in [2.05, 4.69) is 20.4 Å². The van der Waals surface area contributed by atoms with E-state index >= 15 is 0 Å². The van der Waals surface area contributed by atoms with E-state index in [1.165, 1.54) is 14.2 Å². The SMILES string of the molecule is COc1cccc(OC)c1C(=O)Nc1ccc(N2CCCC2)c(C(=O)NCCCN(C)C)c1. The van der Waals surface area contributed by atoms with Crippen molar-refractivity contribution in [3.05, 3.63) is 47.5 Å². The lowest BCUT2D eigenvalue weighted by Crippen LogP contribution is -2.29. The number of ether oxygens (including phenoxy) is 2. The highest BCUT2D eigenvalue weighted by molar-refractivity contribution is 6.09. The van der Waals surface area contributed by atoms with Gasteiger partial charge in [0.05, 0.1) is 19.8 Å². The van der Waals surface area contributed by atoms with Crippen LogP contribution in [0.5, 0.6) is 11.5 Å². The highest BCUT2D eigenvalue weighted by Crippen LogP contribution is 2.31. The molecular weight excluding hydrogens is 420 g/mol. The molecule has 2 N–H and O–H groups in total. The molecule has 1 aliphatic heterocycles. The highest BCUT2D eigenvalue weighted by atomic mass is 16.5. The van der Waals surface area contributed by atoms with Gasteiger partial charge in [0.1, 0.15) is 17.1 Å². The zero-order valence-corrected chi connectivity index (χ0v) is 19.9. The molecule has 1 aliphatic rings. The predicted octanol–water partition coefficient (Wildman–Crippen LogP) is 3.24. The molecule has 0 unspecified atom stereocenters. The Balaban J connectivity index is 1.84. The summed E-state index contributed by atoms with van der Waals surface area (Å²) in [6, 6.07) is 10.7. The van der Waals surface area contributed by atoms with Gasteiger partial charge >= 0.3 is 0 Å². The number of rotatable bonds is 10. The third-order valence-electron chi connectivity index (χ3n) is 5.67. The van der Waals surface area contributed by atoms with Gasteiger partial charge in [0.2, 0.25) is 0 Å². The maximum Gasteiger partial charge on any atom is 0.263 e. The zero-order valence-electron chi connectivity index (χ0n) is 19.9. The minimum atomic E-state index is -0.365. The Hall–Kier alpha value is -3.26. The van der Waals surface area contributed by atoms with Gasteiger partial charge in [0.15, 0.2) is 0 Å². The fourth-order valence-corrected chi connectivity index (χ4v) is 3.99. The molecule has 1 fully saturated rings. The van der Waals surface area contributed by atoms with Crippen LogP contribution in [0.3, 0.4) is 0 Å². The van der Waals surface area contributed by atoms with Gasteiger partial charge in [-0.05, 0) is 70.2 Å². The summed E-state index contributed by atoms with van der Waals surface area (Å²) in [7, 11) is 7.04. The van der Waals surface area contributed by atoms with Gasteiger partial charge in [0, 0.05) is 31.0 Å². The smallest absolute Gasteiger partial charge is 0.263 e. The van der Waals surface area contributed by atoms with E-state index in [1.54, 1.807) is 24.3 Å². The minimum Gasteiger partial charge on any atom is -0.496 e. The largest absolute Gasteiger partial charge is 0.496 e. The number of benzene rings is 2. The molecule has 178 valence electrons. The van der Waals surface area contributed by atoms with Crippen LogP contribution in [0.15, 0.2) is 36.4 Å². The molecule has 33 heavy (non-hydrogen) atoms. The number of carbonyl (C=O) groups excluding carboxylic acids is 2. The summed E-state index contributed by atoms with van der Waals surface area (Å²) in [6.07, 6.45) is 3.08. The van der Waals surface area contributed by atoms with Crippen molar-refractivity contribution in [2.45, 2.75) is 19.3 Å². The van der Waals surface area contributed by atoms with Crippen molar-refractivity contribution in [3.63, 3.8) is 0 Å². The van der Waals surface area contributed by atoms with Crippen LogP contribution in [0.2, 0.25) is 0 Å². The second-order valence-corrected chi connectivity index (χ2v) is 8.33. The van der Waals surface area contributed by atoms with E-state index in [-0.39, 0.29) is 11.8 Å². The van der Waals surface area contributed by atoms with Gasteiger partial charge < -0.3 is 29.9 Å². The average molecular weight is 455 g/mol. The summed E-state index contributed by atoms with van der Waals surface area (Å²) < 4.78 is 10.7. The monoisotopic (exact) mass is 454 g/mol. The van der Waals surface area contributed by atoms with Crippen LogP contribution in [-0.2, 0) is 0 Å². The summed E-state index contributed by atoms with van der Waals surface area (Å²) >= 11 is 0. The number of methoxy groups -OCH3 is 2.